The number of halogens is 2. The summed E-state index contributed by atoms with van der Waals surface area (Å²) in [6, 6.07) is 20.7. The minimum absolute atomic E-state index is 0.00249. The Labute approximate surface area is 275 Å². The lowest BCUT2D eigenvalue weighted by Gasteiger charge is -2.43. The third kappa shape index (κ3) is 4.40. The number of amides is 2. The number of imide groups is 1. The van der Waals surface area contributed by atoms with E-state index in [1.165, 1.54) is 16.2 Å². The number of benzene rings is 3. The zero-order valence-electron chi connectivity index (χ0n) is 23.4. The van der Waals surface area contributed by atoms with E-state index in [1.807, 2.05) is 36.4 Å². The van der Waals surface area contributed by atoms with E-state index in [9.17, 15) is 14.4 Å². The molecule has 0 spiro atoms. The summed E-state index contributed by atoms with van der Waals surface area (Å²) in [6.45, 7) is 0.335. The number of carbonyl (C=O) groups is 2. The summed E-state index contributed by atoms with van der Waals surface area (Å²) in [5.74, 6) is 0.312. The van der Waals surface area contributed by atoms with Crippen LogP contribution >= 0.6 is 50.6 Å². The molecule has 44 heavy (non-hydrogen) atoms. The topological polar surface area (TPSA) is 88.7 Å². The minimum Gasteiger partial charge on any atom is -0.497 e. The Morgan fingerprint density at radius 3 is 2.52 bits per heavy atom. The van der Waals surface area contributed by atoms with E-state index < -0.39 is 0 Å². The Bertz CT molecular complexity index is 1880. The highest BCUT2D eigenvalue weighted by atomic mass is 79.9. The summed E-state index contributed by atoms with van der Waals surface area (Å²) >= 11 is 12.8. The summed E-state index contributed by atoms with van der Waals surface area (Å²) in [5, 5.41) is 1.59. The first-order chi connectivity index (χ1) is 21.3. The maximum Gasteiger partial charge on any atom is 0.305 e. The van der Waals surface area contributed by atoms with Crippen molar-refractivity contribution in [3.05, 3.63) is 102 Å². The first-order valence-electron chi connectivity index (χ1n) is 14.4. The number of aromatic nitrogens is 1. The fourth-order valence-corrected chi connectivity index (χ4v) is 11.5. The molecule has 2 aliphatic carbocycles. The van der Waals surface area contributed by atoms with Crippen LogP contribution in [0.5, 0.6) is 11.5 Å². The standard InChI is InChI=1S/C33H26BrClN2O5S2/c1-41-19-8-6-18(7-9-19)37-31(38)26-21-13-22(27(26)32(37)39)28-25(21)24(29-30(43-28)36-33(40)44-29)20-12-16(34)5-10-23(20)42-14-15-3-2-4-17(35)11-15/h2-12,21-22,24-28H,13-14H2,1H3,(H,36,40)/t21-,22-,24?,25?,26?,27?,28?/m1/s1. The van der Waals surface area contributed by atoms with E-state index in [2.05, 4.69) is 27.0 Å². The maximum atomic E-state index is 14.1. The van der Waals surface area contributed by atoms with Crippen LogP contribution in [-0.4, -0.2) is 29.2 Å². The van der Waals surface area contributed by atoms with Crippen molar-refractivity contribution in [2.75, 3.05) is 12.0 Å². The van der Waals surface area contributed by atoms with Crippen LogP contribution in [0.4, 0.5) is 5.69 Å². The number of carbonyl (C=O) groups excluding carboxylic acids is 2. The highest BCUT2D eigenvalue weighted by Crippen LogP contribution is 2.69. The molecule has 8 rings (SSSR count). The lowest BCUT2D eigenvalue weighted by molar-refractivity contribution is -0.123. The molecule has 1 aromatic heterocycles. The van der Waals surface area contributed by atoms with Gasteiger partial charge in [0.2, 0.25) is 11.8 Å². The van der Waals surface area contributed by atoms with Crippen LogP contribution in [0.2, 0.25) is 5.02 Å². The van der Waals surface area contributed by atoms with Crippen molar-refractivity contribution >= 4 is 68.1 Å². The van der Waals surface area contributed by atoms with Crippen LogP contribution in [0.3, 0.4) is 0 Å². The molecular formula is C33H26BrClN2O5S2. The van der Waals surface area contributed by atoms with Gasteiger partial charge in [-0.25, -0.2) is 0 Å². The van der Waals surface area contributed by atoms with Crippen molar-refractivity contribution in [2.24, 2.45) is 29.6 Å². The van der Waals surface area contributed by atoms with Crippen molar-refractivity contribution in [1.29, 1.82) is 0 Å². The fraction of sp³-hybridized carbons (Fsp3) is 0.303. The van der Waals surface area contributed by atoms with Crippen molar-refractivity contribution in [3.63, 3.8) is 0 Å². The van der Waals surface area contributed by atoms with E-state index in [0.717, 1.165) is 37.7 Å². The van der Waals surface area contributed by atoms with Gasteiger partial charge in [0.15, 0.2) is 0 Å². The third-order valence-corrected chi connectivity index (χ3v) is 13.0. The number of nitrogens with one attached hydrogen (secondary N) is 1. The van der Waals surface area contributed by atoms with Crippen LogP contribution in [0.1, 0.15) is 28.3 Å². The fourth-order valence-electron chi connectivity index (χ4n) is 8.03. The largest absolute Gasteiger partial charge is 0.497 e. The number of hydrogen-bond acceptors (Lipinski definition) is 7. The normalized spacial score (nSPS) is 28.2. The molecular weight excluding hydrogens is 684 g/mol. The van der Waals surface area contributed by atoms with E-state index in [1.54, 1.807) is 43.1 Å². The number of hydrogen-bond donors (Lipinski definition) is 1. The molecule has 0 radical (unpaired) electrons. The lowest BCUT2D eigenvalue weighted by Crippen LogP contribution is -2.42. The van der Waals surface area contributed by atoms with E-state index >= 15 is 0 Å². The summed E-state index contributed by atoms with van der Waals surface area (Å²) in [7, 11) is 1.59. The number of ether oxygens (including phenoxy) is 2. The number of anilines is 1. The molecule has 1 N–H and O–H groups in total. The number of thiazole rings is 1. The Balaban J connectivity index is 1.19. The molecule has 3 aromatic carbocycles. The minimum atomic E-state index is -0.390. The highest BCUT2D eigenvalue weighted by molar-refractivity contribution is 9.10. The van der Waals surface area contributed by atoms with Gasteiger partial charge >= 0.3 is 4.87 Å². The van der Waals surface area contributed by atoms with E-state index in [-0.39, 0.29) is 57.4 Å². The molecule has 2 aliphatic heterocycles. The van der Waals surface area contributed by atoms with Gasteiger partial charge in [0, 0.05) is 31.1 Å². The van der Waals surface area contributed by atoms with Crippen LogP contribution in [-0.2, 0) is 16.2 Å². The van der Waals surface area contributed by atoms with Crippen molar-refractivity contribution < 1.29 is 19.1 Å². The van der Waals surface area contributed by atoms with Gasteiger partial charge < -0.3 is 14.5 Å². The van der Waals surface area contributed by atoms with Crippen LogP contribution in [0.15, 0.2) is 81.0 Å². The second kappa shape index (κ2) is 10.8. The second-order valence-electron chi connectivity index (χ2n) is 11.8. The summed E-state index contributed by atoms with van der Waals surface area (Å²) in [6.07, 6.45) is 0.813. The molecule has 3 heterocycles. The first-order valence-corrected chi connectivity index (χ1v) is 17.3. The zero-order chi connectivity index (χ0) is 30.3. The van der Waals surface area contributed by atoms with Gasteiger partial charge in [-0.15, -0.1) is 11.8 Å². The SMILES string of the molecule is COc1ccc(N2C(=O)C3C(C2=O)[C@@H]2C[C@H]3C3Sc4[nH]c(=O)sc4C(c4cc(Br)ccc4OCc4cccc(Cl)c4)C32)cc1. The highest BCUT2D eigenvalue weighted by Gasteiger charge is 2.69. The molecule has 11 heteroatoms. The Morgan fingerprint density at radius 2 is 1.77 bits per heavy atom. The van der Waals surface area contributed by atoms with E-state index in [0.29, 0.717) is 23.1 Å². The number of fused-ring (bicyclic) bond motifs is 9. The number of aromatic amines is 1. The second-order valence-corrected chi connectivity index (χ2v) is 15.3. The van der Waals surface area contributed by atoms with Crippen LogP contribution in [0, 0.1) is 29.6 Å². The molecule has 4 aromatic rings. The average Bonchev–Trinajstić information content (AvgIpc) is 3.75. The van der Waals surface area contributed by atoms with E-state index in [4.69, 9.17) is 21.1 Å². The molecule has 5 unspecified atom stereocenters. The molecule has 2 amide bonds. The zero-order valence-corrected chi connectivity index (χ0v) is 27.3. The van der Waals surface area contributed by atoms with Gasteiger partial charge in [-0.1, -0.05) is 51.0 Å². The Morgan fingerprint density at radius 1 is 1.00 bits per heavy atom. The third-order valence-electron chi connectivity index (χ3n) is 9.64. The lowest BCUT2D eigenvalue weighted by atomic mass is 9.68. The maximum absolute atomic E-state index is 14.1. The molecule has 2 bridgehead atoms. The van der Waals surface area contributed by atoms with Gasteiger partial charge in [0.05, 0.1) is 29.7 Å². The van der Waals surface area contributed by atoms with Gasteiger partial charge in [-0.2, -0.15) is 0 Å². The molecule has 224 valence electrons. The first kappa shape index (κ1) is 28.4. The molecule has 3 fully saturated rings. The molecule has 7 atom stereocenters. The molecule has 1 saturated heterocycles. The number of rotatable bonds is 6. The number of thioether (sulfide) groups is 1. The van der Waals surface area contributed by atoms with Gasteiger partial charge in [-0.3, -0.25) is 19.3 Å². The smallest absolute Gasteiger partial charge is 0.305 e. The predicted molar refractivity (Wildman–Crippen MR) is 174 cm³/mol. The quantitative estimate of drug-likeness (QED) is 0.215. The van der Waals surface area contributed by atoms with Gasteiger partial charge in [-0.05, 0) is 84.3 Å². The molecule has 7 nitrogen and oxygen atoms in total. The monoisotopic (exact) mass is 708 g/mol. The molecule has 2 saturated carbocycles. The predicted octanol–water partition coefficient (Wildman–Crippen LogP) is 7.12. The molecule has 4 aliphatic rings. The van der Waals surface area contributed by atoms with Crippen LogP contribution in [0.25, 0.3) is 0 Å². The summed E-state index contributed by atoms with van der Waals surface area (Å²) < 4.78 is 12.6. The number of nitrogens with zero attached hydrogens (tertiary/aromatic N) is 1. The van der Waals surface area contributed by atoms with Crippen molar-refractivity contribution in [1.82, 2.24) is 4.98 Å². The van der Waals surface area contributed by atoms with Gasteiger partial charge in [0.25, 0.3) is 0 Å². The number of methoxy groups -OCH3 is 1. The average molecular weight is 710 g/mol. The number of H-pyrrole nitrogens is 1. The van der Waals surface area contributed by atoms with Crippen LogP contribution < -0.4 is 19.2 Å². The van der Waals surface area contributed by atoms with Crippen molar-refractivity contribution in [3.8, 4) is 11.5 Å². The van der Waals surface area contributed by atoms with Gasteiger partial charge in [0.1, 0.15) is 18.1 Å². The Hall–Kier alpha value is -3.05. The Kier molecular flexibility index (Phi) is 6.97. The van der Waals surface area contributed by atoms with Crippen molar-refractivity contribution in [2.45, 2.75) is 29.2 Å². The summed E-state index contributed by atoms with van der Waals surface area (Å²) in [5.41, 5.74) is 2.50. The summed E-state index contributed by atoms with van der Waals surface area (Å²) in [4.78, 5) is 46.1.